The number of hydrogen-bond acceptors (Lipinski definition) is 5. The van der Waals surface area contributed by atoms with Gasteiger partial charge in [0.15, 0.2) is 0 Å². The number of anilines is 1. The van der Waals surface area contributed by atoms with Crippen molar-refractivity contribution in [2.24, 2.45) is 0 Å². The Hall–Kier alpha value is -2.63. The van der Waals surface area contributed by atoms with E-state index in [-0.39, 0.29) is 5.56 Å². The number of carboxylic acids is 1. The van der Waals surface area contributed by atoms with Gasteiger partial charge in [0.2, 0.25) is 5.88 Å². The molecule has 0 saturated carbocycles. The molecule has 2 N–H and O–H groups in total. The Bertz CT molecular complexity index is 654. The van der Waals surface area contributed by atoms with Gasteiger partial charge >= 0.3 is 5.97 Å². The molecule has 0 aliphatic heterocycles. The fourth-order valence-corrected chi connectivity index (χ4v) is 1.92. The number of aromatic nitrogens is 2. The first-order valence-electron chi connectivity index (χ1n) is 6.46. The fourth-order valence-electron chi connectivity index (χ4n) is 1.92. The van der Waals surface area contributed by atoms with Crippen molar-refractivity contribution in [3.05, 3.63) is 46.8 Å². The van der Waals surface area contributed by atoms with E-state index < -0.39 is 5.97 Å². The van der Waals surface area contributed by atoms with E-state index in [4.69, 9.17) is 9.84 Å². The third-order valence-corrected chi connectivity index (χ3v) is 3.07. The number of ether oxygens (including phenoxy) is 1. The molecule has 110 valence electrons. The van der Waals surface area contributed by atoms with Gasteiger partial charge in [0, 0.05) is 6.54 Å². The fraction of sp³-hybridized carbons (Fsp3) is 0.267. The molecule has 2 rings (SSSR count). The van der Waals surface area contributed by atoms with Crippen LogP contribution in [0.15, 0.2) is 24.3 Å². The molecular weight excluding hydrogens is 270 g/mol. The highest BCUT2D eigenvalue weighted by atomic mass is 16.5. The largest absolute Gasteiger partial charge is 0.481 e. The molecule has 0 aliphatic carbocycles. The highest BCUT2D eigenvalue weighted by Crippen LogP contribution is 2.22. The van der Waals surface area contributed by atoms with Crippen LogP contribution in [-0.2, 0) is 6.54 Å². The van der Waals surface area contributed by atoms with Gasteiger partial charge in [0.25, 0.3) is 0 Å². The molecule has 2 aromatic rings. The number of hydrogen-bond donors (Lipinski definition) is 2. The molecule has 0 saturated heterocycles. The van der Waals surface area contributed by atoms with E-state index in [1.807, 2.05) is 6.92 Å². The van der Waals surface area contributed by atoms with Gasteiger partial charge in [-0.3, -0.25) is 0 Å². The van der Waals surface area contributed by atoms with Crippen LogP contribution in [0.2, 0.25) is 0 Å². The highest BCUT2D eigenvalue weighted by molar-refractivity contribution is 5.87. The van der Waals surface area contributed by atoms with Gasteiger partial charge in [-0.2, -0.15) is 4.98 Å². The summed E-state index contributed by atoms with van der Waals surface area (Å²) < 4.78 is 5.20. The van der Waals surface area contributed by atoms with Crippen molar-refractivity contribution in [3.63, 3.8) is 0 Å². The molecule has 6 nitrogen and oxygen atoms in total. The SMILES string of the molecule is COc1nc(C)nc(NCc2ccc(C(=O)O)cc2)c1C. The van der Waals surface area contributed by atoms with Gasteiger partial charge in [-0.15, -0.1) is 0 Å². The van der Waals surface area contributed by atoms with E-state index in [2.05, 4.69) is 15.3 Å². The van der Waals surface area contributed by atoms with Crippen molar-refractivity contribution in [1.29, 1.82) is 0 Å². The van der Waals surface area contributed by atoms with E-state index in [1.165, 1.54) is 0 Å². The monoisotopic (exact) mass is 287 g/mol. The Morgan fingerprint density at radius 3 is 2.48 bits per heavy atom. The second-order valence-corrected chi connectivity index (χ2v) is 4.61. The van der Waals surface area contributed by atoms with Crippen LogP contribution in [0, 0.1) is 13.8 Å². The van der Waals surface area contributed by atoms with E-state index in [1.54, 1.807) is 38.3 Å². The van der Waals surface area contributed by atoms with E-state index in [0.717, 1.165) is 11.1 Å². The second-order valence-electron chi connectivity index (χ2n) is 4.61. The van der Waals surface area contributed by atoms with Crippen molar-refractivity contribution in [2.45, 2.75) is 20.4 Å². The predicted molar refractivity (Wildman–Crippen MR) is 78.8 cm³/mol. The van der Waals surface area contributed by atoms with Gasteiger partial charge in [0.1, 0.15) is 11.6 Å². The summed E-state index contributed by atoms with van der Waals surface area (Å²) in [6, 6.07) is 6.71. The maximum Gasteiger partial charge on any atom is 0.335 e. The van der Waals surface area contributed by atoms with Crippen LogP contribution in [0.4, 0.5) is 5.82 Å². The summed E-state index contributed by atoms with van der Waals surface area (Å²) in [6.07, 6.45) is 0. The number of carboxylic acid groups (broad SMARTS) is 1. The number of rotatable bonds is 5. The average molecular weight is 287 g/mol. The number of aryl methyl sites for hydroxylation is 1. The van der Waals surface area contributed by atoms with Crippen LogP contribution in [0.3, 0.4) is 0 Å². The highest BCUT2D eigenvalue weighted by Gasteiger charge is 2.09. The zero-order chi connectivity index (χ0) is 15.4. The lowest BCUT2D eigenvalue weighted by molar-refractivity contribution is 0.0697. The number of benzene rings is 1. The van der Waals surface area contributed by atoms with Crippen molar-refractivity contribution in [3.8, 4) is 5.88 Å². The van der Waals surface area contributed by atoms with E-state index >= 15 is 0 Å². The van der Waals surface area contributed by atoms with Gasteiger partial charge in [-0.1, -0.05) is 12.1 Å². The van der Waals surface area contributed by atoms with Crippen molar-refractivity contribution < 1.29 is 14.6 Å². The lowest BCUT2D eigenvalue weighted by atomic mass is 10.1. The van der Waals surface area contributed by atoms with Crippen LogP contribution >= 0.6 is 0 Å². The maximum atomic E-state index is 10.8. The summed E-state index contributed by atoms with van der Waals surface area (Å²) in [5, 5.41) is 12.1. The second kappa shape index (κ2) is 6.21. The van der Waals surface area contributed by atoms with Crippen molar-refractivity contribution in [1.82, 2.24) is 9.97 Å². The van der Waals surface area contributed by atoms with Gasteiger partial charge in [-0.05, 0) is 31.5 Å². The average Bonchev–Trinajstić information content (AvgIpc) is 2.48. The molecule has 1 aromatic carbocycles. The lowest BCUT2D eigenvalue weighted by Gasteiger charge is -2.12. The number of nitrogens with one attached hydrogen (secondary N) is 1. The molecule has 0 fully saturated rings. The number of methoxy groups -OCH3 is 1. The first-order chi connectivity index (χ1) is 10.0. The third kappa shape index (κ3) is 3.47. The minimum atomic E-state index is -0.929. The summed E-state index contributed by atoms with van der Waals surface area (Å²) in [6.45, 7) is 4.23. The molecule has 1 aromatic heterocycles. The molecule has 0 spiro atoms. The van der Waals surface area contributed by atoms with E-state index in [0.29, 0.717) is 24.1 Å². The molecule has 0 aliphatic rings. The van der Waals surface area contributed by atoms with Gasteiger partial charge in [-0.25, -0.2) is 9.78 Å². The summed E-state index contributed by atoms with van der Waals surface area (Å²) in [5.41, 5.74) is 2.08. The quantitative estimate of drug-likeness (QED) is 0.878. The predicted octanol–water partition coefficient (Wildman–Crippen LogP) is 2.41. The molecular formula is C15H17N3O3. The Kier molecular flexibility index (Phi) is 4.37. The summed E-state index contributed by atoms with van der Waals surface area (Å²) in [4.78, 5) is 19.3. The molecule has 0 atom stereocenters. The minimum absolute atomic E-state index is 0.273. The molecule has 0 bridgehead atoms. The summed E-state index contributed by atoms with van der Waals surface area (Å²) in [5.74, 6) is 0.954. The van der Waals surface area contributed by atoms with Gasteiger partial charge < -0.3 is 15.2 Å². The maximum absolute atomic E-state index is 10.8. The molecule has 0 amide bonds. The molecule has 21 heavy (non-hydrogen) atoms. The third-order valence-electron chi connectivity index (χ3n) is 3.07. The van der Waals surface area contributed by atoms with Crippen LogP contribution in [-0.4, -0.2) is 28.2 Å². The number of nitrogens with zero attached hydrogens (tertiary/aromatic N) is 2. The first-order valence-corrected chi connectivity index (χ1v) is 6.46. The normalized spacial score (nSPS) is 10.2. The zero-order valence-electron chi connectivity index (χ0n) is 12.2. The Morgan fingerprint density at radius 2 is 1.90 bits per heavy atom. The van der Waals surface area contributed by atoms with Crippen LogP contribution in [0.1, 0.15) is 27.3 Å². The summed E-state index contributed by atoms with van der Waals surface area (Å²) in [7, 11) is 1.57. The lowest BCUT2D eigenvalue weighted by Crippen LogP contribution is -2.07. The van der Waals surface area contributed by atoms with E-state index in [9.17, 15) is 4.79 Å². The van der Waals surface area contributed by atoms with Crippen LogP contribution < -0.4 is 10.1 Å². The Balaban J connectivity index is 2.12. The van der Waals surface area contributed by atoms with Crippen LogP contribution in [0.25, 0.3) is 0 Å². The minimum Gasteiger partial charge on any atom is -0.481 e. The van der Waals surface area contributed by atoms with Gasteiger partial charge in [0.05, 0.1) is 18.2 Å². The zero-order valence-corrected chi connectivity index (χ0v) is 12.2. The van der Waals surface area contributed by atoms with Crippen molar-refractivity contribution in [2.75, 3.05) is 12.4 Å². The first kappa shape index (κ1) is 14.8. The van der Waals surface area contributed by atoms with Crippen molar-refractivity contribution >= 4 is 11.8 Å². The standard InChI is InChI=1S/C15H17N3O3/c1-9-13(17-10(2)18-14(9)21-3)16-8-11-4-6-12(7-5-11)15(19)20/h4-7H,8H2,1-3H3,(H,19,20)(H,16,17,18). The smallest absolute Gasteiger partial charge is 0.335 e. The number of aromatic carboxylic acids is 1. The molecule has 1 heterocycles. The molecule has 0 radical (unpaired) electrons. The summed E-state index contributed by atoms with van der Waals surface area (Å²) >= 11 is 0. The Morgan fingerprint density at radius 1 is 1.24 bits per heavy atom. The topological polar surface area (TPSA) is 84.3 Å². The van der Waals surface area contributed by atoms with Crippen LogP contribution in [0.5, 0.6) is 5.88 Å². The Labute approximate surface area is 122 Å². The molecule has 0 unspecified atom stereocenters. The molecule has 6 heteroatoms. The number of carbonyl (C=O) groups is 1.